The number of nitrogens with zero attached hydrogens (tertiary/aromatic N) is 6. The monoisotopic (exact) mass is 521 g/mol. The Morgan fingerprint density at radius 2 is 1.84 bits per heavy atom. The van der Waals surface area contributed by atoms with E-state index in [9.17, 15) is 22.4 Å². The molecule has 1 aromatic carbocycles. The van der Waals surface area contributed by atoms with Gasteiger partial charge < -0.3 is 9.88 Å². The van der Waals surface area contributed by atoms with E-state index in [2.05, 4.69) is 25.4 Å². The van der Waals surface area contributed by atoms with Gasteiger partial charge in [-0.2, -0.15) is 9.49 Å². The number of carbonyl (C=O) groups excluding carboxylic acids is 1. The van der Waals surface area contributed by atoms with Gasteiger partial charge in [-0.25, -0.2) is 32.6 Å². The van der Waals surface area contributed by atoms with Crippen molar-refractivity contribution in [3.8, 4) is 22.6 Å². The van der Waals surface area contributed by atoms with Crippen LogP contribution < -0.4 is 5.32 Å². The lowest BCUT2D eigenvalue weighted by atomic mass is 9.81. The Kier molecular flexibility index (Phi) is 5.66. The number of halogens is 4. The van der Waals surface area contributed by atoms with Gasteiger partial charge in [-0.3, -0.25) is 4.79 Å². The molecule has 6 rings (SSSR count). The zero-order valence-electron chi connectivity index (χ0n) is 19.7. The molecule has 4 aromatic heterocycles. The van der Waals surface area contributed by atoms with Crippen LogP contribution in [-0.2, 0) is 6.54 Å². The summed E-state index contributed by atoms with van der Waals surface area (Å²) in [6.07, 6.45) is 3.86. The molecule has 5 aromatic rings. The predicted molar refractivity (Wildman–Crippen MR) is 129 cm³/mol. The fourth-order valence-corrected chi connectivity index (χ4v) is 4.60. The van der Waals surface area contributed by atoms with Crippen molar-refractivity contribution >= 4 is 17.4 Å². The van der Waals surface area contributed by atoms with E-state index in [4.69, 9.17) is 0 Å². The maximum Gasteiger partial charge on any atom is 0.257 e. The highest BCUT2D eigenvalue weighted by atomic mass is 19.3. The van der Waals surface area contributed by atoms with Crippen molar-refractivity contribution in [2.45, 2.75) is 25.3 Å². The molecule has 1 saturated carbocycles. The number of alkyl halides is 2. The smallest absolute Gasteiger partial charge is 0.257 e. The SMILES string of the molecule is O=C(Nc1cn2nc(-c3c(-c4ccc(F)cc4)ncn3CC3CC(F)(F)C3)ccc2n1)c1ccnc(F)c1. The Balaban J connectivity index is 1.35. The van der Waals surface area contributed by atoms with E-state index in [1.807, 2.05) is 0 Å². The zero-order chi connectivity index (χ0) is 26.4. The Labute approximate surface area is 213 Å². The fraction of sp³-hybridized carbons (Fsp3) is 0.192. The molecule has 8 nitrogen and oxygen atoms in total. The summed E-state index contributed by atoms with van der Waals surface area (Å²) in [5.74, 6) is -4.41. The number of imidazole rings is 2. The number of aromatic nitrogens is 6. The molecule has 1 fully saturated rings. The van der Waals surface area contributed by atoms with Crippen LogP contribution in [-0.4, -0.2) is 41.0 Å². The van der Waals surface area contributed by atoms with Crippen molar-refractivity contribution in [1.29, 1.82) is 0 Å². The van der Waals surface area contributed by atoms with E-state index < -0.39 is 23.6 Å². The number of hydrogen-bond donors (Lipinski definition) is 1. The van der Waals surface area contributed by atoms with Crippen LogP contribution in [0.15, 0.2) is 67.3 Å². The van der Waals surface area contributed by atoms with Crippen LogP contribution >= 0.6 is 0 Å². The van der Waals surface area contributed by atoms with Gasteiger partial charge in [0.05, 0.1) is 23.9 Å². The van der Waals surface area contributed by atoms with E-state index >= 15 is 0 Å². The van der Waals surface area contributed by atoms with Gasteiger partial charge in [0.25, 0.3) is 5.91 Å². The molecule has 0 aliphatic heterocycles. The van der Waals surface area contributed by atoms with Crippen LogP contribution in [0, 0.1) is 17.7 Å². The maximum atomic E-state index is 13.6. The fourth-order valence-electron chi connectivity index (χ4n) is 4.60. The van der Waals surface area contributed by atoms with Crippen molar-refractivity contribution in [1.82, 2.24) is 29.1 Å². The summed E-state index contributed by atoms with van der Waals surface area (Å²) in [7, 11) is 0. The summed E-state index contributed by atoms with van der Waals surface area (Å²) in [6.45, 7) is 0.326. The van der Waals surface area contributed by atoms with Crippen LogP contribution in [0.4, 0.5) is 23.4 Å². The third-order valence-electron chi connectivity index (χ3n) is 6.38. The van der Waals surface area contributed by atoms with Crippen molar-refractivity contribution in [2.75, 3.05) is 5.32 Å². The number of hydrogen-bond acceptors (Lipinski definition) is 5. The van der Waals surface area contributed by atoms with E-state index in [-0.39, 0.29) is 30.1 Å². The highest BCUT2D eigenvalue weighted by Crippen LogP contribution is 2.44. The molecular weight excluding hydrogens is 502 g/mol. The summed E-state index contributed by atoms with van der Waals surface area (Å²) in [5.41, 5.74) is 2.74. The van der Waals surface area contributed by atoms with Crippen molar-refractivity contribution in [2.24, 2.45) is 5.92 Å². The third kappa shape index (κ3) is 4.60. The first kappa shape index (κ1) is 23.8. The minimum absolute atomic E-state index is 0.0811. The summed E-state index contributed by atoms with van der Waals surface area (Å²) < 4.78 is 57.1. The molecule has 1 amide bonds. The van der Waals surface area contributed by atoms with Gasteiger partial charge in [0.15, 0.2) is 11.5 Å². The Hall–Kier alpha value is -4.61. The second kappa shape index (κ2) is 9.05. The third-order valence-corrected chi connectivity index (χ3v) is 6.38. The quantitative estimate of drug-likeness (QED) is 0.244. The van der Waals surface area contributed by atoms with Crippen LogP contribution in [0.25, 0.3) is 28.3 Å². The molecule has 192 valence electrons. The van der Waals surface area contributed by atoms with Crippen LogP contribution in [0.5, 0.6) is 0 Å². The molecule has 0 atom stereocenters. The van der Waals surface area contributed by atoms with Crippen molar-refractivity contribution < 1.29 is 22.4 Å². The predicted octanol–water partition coefficient (Wildman–Crippen LogP) is 5.23. The van der Waals surface area contributed by atoms with Gasteiger partial charge in [-0.1, -0.05) is 0 Å². The average Bonchev–Trinajstić information content (AvgIpc) is 3.46. The summed E-state index contributed by atoms with van der Waals surface area (Å²) in [4.78, 5) is 24.8. The Bertz CT molecular complexity index is 1650. The molecule has 0 spiro atoms. The lowest BCUT2D eigenvalue weighted by Crippen LogP contribution is -2.37. The molecule has 1 N–H and O–H groups in total. The first-order chi connectivity index (χ1) is 18.2. The zero-order valence-corrected chi connectivity index (χ0v) is 19.7. The van der Waals surface area contributed by atoms with E-state index in [1.54, 1.807) is 35.2 Å². The molecular formula is C26H19F4N7O. The lowest BCUT2D eigenvalue weighted by Gasteiger charge is -2.35. The molecule has 4 heterocycles. The largest absolute Gasteiger partial charge is 0.328 e. The van der Waals surface area contributed by atoms with Crippen LogP contribution in [0.1, 0.15) is 23.2 Å². The minimum Gasteiger partial charge on any atom is -0.328 e. The van der Waals surface area contributed by atoms with Gasteiger partial charge in [0.2, 0.25) is 11.9 Å². The van der Waals surface area contributed by atoms with Crippen molar-refractivity contribution in [3.63, 3.8) is 0 Å². The molecule has 0 radical (unpaired) electrons. The van der Waals surface area contributed by atoms with Gasteiger partial charge in [0.1, 0.15) is 11.5 Å². The number of fused-ring (bicyclic) bond motifs is 1. The van der Waals surface area contributed by atoms with E-state index in [0.29, 0.717) is 34.8 Å². The second-order valence-corrected chi connectivity index (χ2v) is 9.20. The van der Waals surface area contributed by atoms with Crippen molar-refractivity contribution in [3.05, 3.63) is 84.6 Å². The molecule has 12 heteroatoms. The number of pyridine rings is 1. The molecule has 1 aliphatic rings. The van der Waals surface area contributed by atoms with Gasteiger partial charge in [-0.15, -0.1) is 0 Å². The minimum atomic E-state index is -2.65. The number of rotatable bonds is 6. The highest BCUT2D eigenvalue weighted by Gasteiger charge is 2.45. The number of carbonyl (C=O) groups is 1. The lowest BCUT2D eigenvalue weighted by molar-refractivity contribution is -0.113. The molecule has 0 unspecified atom stereocenters. The topological polar surface area (TPSA) is 90.0 Å². The molecule has 38 heavy (non-hydrogen) atoms. The first-order valence-electron chi connectivity index (χ1n) is 11.7. The summed E-state index contributed by atoms with van der Waals surface area (Å²) in [5, 5.41) is 7.23. The molecule has 1 aliphatic carbocycles. The number of benzene rings is 1. The van der Waals surface area contributed by atoms with Gasteiger partial charge in [0, 0.05) is 42.8 Å². The highest BCUT2D eigenvalue weighted by molar-refractivity contribution is 6.03. The standard InChI is InChI=1S/C26H19F4N7O/c27-18-3-1-16(2-4-18)23-24(36(14-32-23)12-15-10-26(29,30)11-15)19-5-6-22-33-21(13-37(22)35-19)34-25(38)17-7-8-31-20(28)9-17/h1-9,13-15H,10-12H2,(H,34,38). The van der Waals surface area contributed by atoms with Crippen LogP contribution in [0.2, 0.25) is 0 Å². The van der Waals surface area contributed by atoms with E-state index in [0.717, 1.165) is 6.07 Å². The molecule has 0 saturated heterocycles. The normalized spacial score (nSPS) is 14.9. The Morgan fingerprint density at radius 3 is 2.58 bits per heavy atom. The Morgan fingerprint density at radius 1 is 1.05 bits per heavy atom. The number of anilines is 1. The van der Waals surface area contributed by atoms with Crippen LogP contribution in [0.3, 0.4) is 0 Å². The number of amides is 1. The maximum absolute atomic E-state index is 13.6. The number of nitrogens with one attached hydrogen (secondary N) is 1. The summed E-state index contributed by atoms with van der Waals surface area (Å²) in [6, 6.07) is 11.6. The van der Waals surface area contributed by atoms with Gasteiger partial charge >= 0.3 is 0 Å². The average molecular weight is 521 g/mol. The first-order valence-corrected chi connectivity index (χ1v) is 11.7. The van der Waals surface area contributed by atoms with E-state index in [1.165, 1.54) is 35.1 Å². The molecule has 0 bridgehead atoms. The second-order valence-electron chi connectivity index (χ2n) is 9.20. The van der Waals surface area contributed by atoms with Gasteiger partial charge in [-0.05, 0) is 48.4 Å². The summed E-state index contributed by atoms with van der Waals surface area (Å²) >= 11 is 0.